The number of halogens is 1. The Bertz CT molecular complexity index is 587. The summed E-state index contributed by atoms with van der Waals surface area (Å²) in [5, 5.41) is 10.6. The molecule has 0 bridgehead atoms. The molecule has 0 atom stereocenters. The van der Waals surface area contributed by atoms with Gasteiger partial charge in [-0.05, 0) is 36.1 Å². The van der Waals surface area contributed by atoms with Crippen molar-refractivity contribution >= 4 is 23.3 Å². The largest absolute Gasteiger partial charge is 0.309 e. The molecule has 5 heteroatoms. The average Bonchev–Trinajstić information content (AvgIpc) is 2.85. The fourth-order valence-corrected chi connectivity index (χ4v) is 2.46. The second-order valence-corrected chi connectivity index (χ2v) is 4.99. The summed E-state index contributed by atoms with van der Waals surface area (Å²) in [6.07, 6.45) is 1.56. The van der Waals surface area contributed by atoms with E-state index in [1.54, 1.807) is 12.1 Å². The van der Waals surface area contributed by atoms with E-state index in [9.17, 15) is 4.79 Å². The molecule has 19 heavy (non-hydrogen) atoms. The zero-order chi connectivity index (χ0) is 13.2. The van der Waals surface area contributed by atoms with Crippen molar-refractivity contribution in [1.29, 1.82) is 0 Å². The lowest BCUT2D eigenvalue weighted by Gasteiger charge is -2.09. The van der Waals surface area contributed by atoms with E-state index in [1.807, 2.05) is 12.1 Å². The fraction of sp³-hybridized carbons (Fsp3) is 0.214. The number of carbonyl (C=O) groups excluding carboxylic acids is 1. The number of nitrogens with one attached hydrogen (secondary N) is 1. The van der Waals surface area contributed by atoms with Crippen LogP contribution in [-0.2, 0) is 17.6 Å². The fourth-order valence-electron chi connectivity index (χ4n) is 2.36. The van der Waals surface area contributed by atoms with Crippen molar-refractivity contribution in [2.24, 2.45) is 5.92 Å². The highest BCUT2D eigenvalue weighted by Gasteiger charge is 2.27. The number of nitrogens with zero attached hydrogens (tertiary/aromatic N) is 2. The number of aromatic nitrogens is 2. The molecule has 0 radical (unpaired) electrons. The van der Waals surface area contributed by atoms with Gasteiger partial charge in [0.2, 0.25) is 5.91 Å². The van der Waals surface area contributed by atoms with Gasteiger partial charge in [0.1, 0.15) is 0 Å². The van der Waals surface area contributed by atoms with E-state index >= 15 is 0 Å². The highest BCUT2D eigenvalue weighted by atomic mass is 35.5. The number of rotatable bonds is 2. The molecule has 1 amide bonds. The Morgan fingerprint density at radius 2 is 1.79 bits per heavy atom. The number of hydrogen-bond donors (Lipinski definition) is 1. The molecule has 1 aromatic heterocycles. The SMILES string of the molecule is O=C(Nc1ccc(Cl)nn1)C1Cc2ccccc2C1. The maximum atomic E-state index is 12.2. The third-order valence-corrected chi connectivity index (χ3v) is 3.51. The lowest BCUT2D eigenvalue weighted by Crippen LogP contribution is -2.23. The molecule has 0 spiro atoms. The summed E-state index contributed by atoms with van der Waals surface area (Å²) in [5.74, 6) is 0.382. The molecular formula is C14H12ClN3O. The summed E-state index contributed by atoms with van der Waals surface area (Å²) in [5.41, 5.74) is 2.51. The van der Waals surface area contributed by atoms with Gasteiger partial charge in [0, 0.05) is 5.92 Å². The predicted molar refractivity (Wildman–Crippen MR) is 73.0 cm³/mol. The van der Waals surface area contributed by atoms with Gasteiger partial charge < -0.3 is 5.32 Å². The van der Waals surface area contributed by atoms with Crippen LogP contribution >= 0.6 is 11.6 Å². The van der Waals surface area contributed by atoms with Gasteiger partial charge in [-0.25, -0.2) is 0 Å². The van der Waals surface area contributed by atoms with E-state index < -0.39 is 0 Å². The Labute approximate surface area is 115 Å². The second-order valence-electron chi connectivity index (χ2n) is 4.60. The Hall–Kier alpha value is -1.94. The van der Waals surface area contributed by atoms with E-state index in [0.29, 0.717) is 11.0 Å². The molecule has 0 saturated carbocycles. The lowest BCUT2D eigenvalue weighted by molar-refractivity contribution is -0.119. The first kappa shape index (κ1) is 12.1. The van der Waals surface area contributed by atoms with Crippen molar-refractivity contribution in [1.82, 2.24) is 10.2 Å². The number of fused-ring (bicyclic) bond motifs is 1. The van der Waals surface area contributed by atoms with Gasteiger partial charge in [0.25, 0.3) is 0 Å². The zero-order valence-corrected chi connectivity index (χ0v) is 10.9. The first-order valence-electron chi connectivity index (χ1n) is 6.09. The second kappa shape index (κ2) is 4.97. The Morgan fingerprint density at radius 3 is 2.37 bits per heavy atom. The van der Waals surface area contributed by atoms with Crippen molar-refractivity contribution in [2.75, 3.05) is 5.32 Å². The minimum Gasteiger partial charge on any atom is -0.309 e. The molecule has 1 aliphatic rings. The normalized spacial score (nSPS) is 14.2. The molecule has 0 unspecified atom stereocenters. The van der Waals surface area contributed by atoms with Crippen molar-refractivity contribution in [3.8, 4) is 0 Å². The van der Waals surface area contributed by atoms with Crippen molar-refractivity contribution in [2.45, 2.75) is 12.8 Å². The number of anilines is 1. The zero-order valence-electron chi connectivity index (χ0n) is 10.1. The molecular weight excluding hydrogens is 262 g/mol. The van der Waals surface area contributed by atoms with Crippen LogP contribution in [0.1, 0.15) is 11.1 Å². The number of carbonyl (C=O) groups is 1. The lowest BCUT2D eigenvalue weighted by atomic mass is 10.1. The average molecular weight is 274 g/mol. The highest BCUT2D eigenvalue weighted by Crippen LogP contribution is 2.27. The maximum Gasteiger partial charge on any atom is 0.229 e. The summed E-state index contributed by atoms with van der Waals surface area (Å²) in [6, 6.07) is 11.4. The van der Waals surface area contributed by atoms with Gasteiger partial charge in [-0.2, -0.15) is 0 Å². The van der Waals surface area contributed by atoms with E-state index in [2.05, 4.69) is 27.6 Å². The van der Waals surface area contributed by atoms with E-state index in [4.69, 9.17) is 11.6 Å². The molecule has 3 rings (SSSR count). The van der Waals surface area contributed by atoms with Gasteiger partial charge >= 0.3 is 0 Å². The molecule has 1 heterocycles. The molecule has 0 saturated heterocycles. The standard InChI is InChI=1S/C14H12ClN3O/c15-12-5-6-13(18-17-12)16-14(19)11-7-9-3-1-2-4-10(9)8-11/h1-6,11H,7-8H2,(H,16,18,19). The monoisotopic (exact) mass is 273 g/mol. The Balaban J connectivity index is 1.68. The van der Waals surface area contributed by atoms with Gasteiger partial charge in [0.15, 0.2) is 11.0 Å². The Kier molecular flexibility index (Phi) is 3.17. The summed E-state index contributed by atoms with van der Waals surface area (Å²) in [6.45, 7) is 0. The van der Waals surface area contributed by atoms with Crippen LogP contribution in [0.4, 0.5) is 5.82 Å². The third kappa shape index (κ3) is 2.58. The van der Waals surface area contributed by atoms with Crippen LogP contribution in [0.3, 0.4) is 0 Å². The van der Waals surface area contributed by atoms with Crippen LogP contribution in [0.2, 0.25) is 5.15 Å². The quantitative estimate of drug-likeness (QED) is 0.915. The van der Waals surface area contributed by atoms with Crippen molar-refractivity contribution in [3.63, 3.8) is 0 Å². The molecule has 4 nitrogen and oxygen atoms in total. The molecule has 0 aliphatic heterocycles. The van der Waals surface area contributed by atoms with Crippen LogP contribution in [0, 0.1) is 5.92 Å². The first-order chi connectivity index (χ1) is 9.22. The van der Waals surface area contributed by atoms with Gasteiger partial charge in [0.05, 0.1) is 0 Å². The van der Waals surface area contributed by atoms with Gasteiger partial charge in [-0.1, -0.05) is 35.9 Å². The predicted octanol–water partition coefficient (Wildman–Crippen LogP) is 2.48. The van der Waals surface area contributed by atoms with Crippen LogP contribution in [0.5, 0.6) is 0 Å². The topological polar surface area (TPSA) is 54.9 Å². The van der Waals surface area contributed by atoms with Crippen LogP contribution < -0.4 is 5.32 Å². The van der Waals surface area contributed by atoms with Gasteiger partial charge in [-0.3, -0.25) is 4.79 Å². The molecule has 0 fully saturated rings. The summed E-state index contributed by atoms with van der Waals surface area (Å²) in [4.78, 5) is 12.2. The summed E-state index contributed by atoms with van der Waals surface area (Å²) >= 11 is 5.65. The molecule has 2 aromatic rings. The molecule has 1 aromatic carbocycles. The van der Waals surface area contributed by atoms with Crippen LogP contribution in [0.15, 0.2) is 36.4 Å². The van der Waals surface area contributed by atoms with Crippen molar-refractivity contribution < 1.29 is 4.79 Å². The molecule has 1 N–H and O–H groups in total. The Morgan fingerprint density at radius 1 is 1.11 bits per heavy atom. The van der Waals surface area contributed by atoms with E-state index in [0.717, 1.165) is 12.8 Å². The smallest absolute Gasteiger partial charge is 0.229 e. The maximum absolute atomic E-state index is 12.2. The van der Waals surface area contributed by atoms with Crippen molar-refractivity contribution in [3.05, 3.63) is 52.7 Å². The van der Waals surface area contributed by atoms with Crippen LogP contribution in [0.25, 0.3) is 0 Å². The number of amides is 1. The number of benzene rings is 1. The minimum atomic E-state index is -0.0325. The molecule has 96 valence electrons. The third-order valence-electron chi connectivity index (χ3n) is 3.31. The van der Waals surface area contributed by atoms with Crippen LogP contribution in [-0.4, -0.2) is 16.1 Å². The summed E-state index contributed by atoms with van der Waals surface area (Å²) in [7, 11) is 0. The summed E-state index contributed by atoms with van der Waals surface area (Å²) < 4.78 is 0. The minimum absolute atomic E-state index is 0.0205. The van der Waals surface area contributed by atoms with Gasteiger partial charge in [-0.15, -0.1) is 10.2 Å². The van der Waals surface area contributed by atoms with E-state index in [1.165, 1.54) is 11.1 Å². The van der Waals surface area contributed by atoms with E-state index in [-0.39, 0.29) is 11.8 Å². The number of hydrogen-bond acceptors (Lipinski definition) is 3. The highest BCUT2D eigenvalue weighted by molar-refractivity contribution is 6.29. The molecule has 1 aliphatic carbocycles. The first-order valence-corrected chi connectivity index (χ1v) is 6.47.